The van der Waals surface area contributed by atoms with Crippen LogP contribution in [0.3, 0.4) is 0 Å². The topological polar surface area (TPSA) is 96.5 Å². The van der Waals surface area contributed by atoms with Gasteiger partial charge in [0.2, 0.25) is 5.91 Å². The molecule has 1 unspecified atom stereocenters. The molecule has 1 fully saturated rings. The highest BCUT2D eigenvalue weighted by atomic mass is 19.1. The average molecular weight is 373 g/mol. The zero-order chi connectivity index (χ0) is 19.2. The highest BCUT2D eigenvalue weighted by Crippen LogP contribution is 2.24. The van der Waals surface area contributed by atoms with Gasteiger partial charge < -0.3 is 20.3 Å². The maximum Gasteiger partial charge on any atom is 0.323 e. The number of halogens is 1. The lowest BCUT2D eigenvalue weighted by atomic mass is 10.1. The molecule has 0 aliphatic carbocycles. The Bertz CT molecular complexity index is 818. The lowest BCUT2D eigenvalue weighted by molar-refractivity contribution is -0.131. The molecule has 3 amide bonds. The highest BCUT2D eigenvalue weighted by Gasteiger charge is 2.23. The van der Waals surface area contributed by atoms with E-state index in [1.165, 1.54) is 43.8 Å². The van der Waals surface area contributed by atoms with Crippen molar-refractivity contribution < 1.29 is 18.7 Å². The largest absolute Gasteiger partial charge is 0.488 e. The second kappa shape index (κ2) is 8.43. The third-order valence-corrected chi connectivity index (χ3v) is 4.07. The fraction of sp³-hybridized carbons (Fsp3) is 0.333. The van der Waals surface area contributed by atoms with E-state index in [0.29, 0.717) is 24.5 Å². The molecule has 1 aliphatic heterocycles. The van der Waals surface area contributed by atoms with E-state index >= 15 is 0 Å². The summed E-state index contributed by atoms with van der Waals surface area (Å²) in [5, 5.41) is 5.09. The Morgan fingerprint density at radius 1 is 1.19 bits per heavy atom. The molecule has 2 N–H and O–H groups in total. The number of urea groups is 1. The number of nitrogens with zero attached hydrogens (tertiary/aromatic N) is 3. The number of nitrogens with one attached hydrogen (secondary N) is 2. The van der Waals surface area contributed by atoms with Crippen LogP contribution in [-0.2, 0) is 4.79 Å². The number of carbonyl (C=O) groups excluding carboxylic acids is 2. The van der Waals surface area contributed by atoms with E-state index in [4.69, 9.17) is 4.74 Å². The van der Waals surface area contributed by atoms with Crippen LogP contribution in [0.4, 0.5) is 20.6 Å². The van der Waals surface area contributed by atoms with Gasteiger partial charge in [-0.15, -0.1) is 0 Å². The second-order valence-corrected chi connectivity index (χ2v) is 6.23. The Morgan fingerprint density at radius 3 is 2.67 bits per heavy atom. The fourth-order valence-electron chi connectivity index (χ4n) is 2.87. The van der Waals surface area contributed by atoms with Crippen LogP contribution in [0.1, 0.15) is 19.8 Å². The van der Waals surface area contributed by atoms with Crippen molar-refractivity contribution >= 4 is 23.3 Å². The first-order valence-corrected chi connectivity index (χ1v) is 8.55. The quantitative estimate of drug-likeness (QED) is 0.859. The van der Waals surface area contributed by atoms with Gasteiger partial charge in [0.25, 0.3) is 0 Å². The average Bonchev–Trinajstić information content (AvgIpc) is 2.62. The van der Waals surface area contributed by atoms with Crippen LogP contribution >= 0.6 is 0 Å². The highest BCUT2D eigenvalue weighted by molar-refractivity contribution is 5.99. The molecule has 1 aliphatic rings. The molecule has 3 rings (SSSR count). The second-order valence-electron chi connectivity index (χ2n) is 6.23. The van der Waals surface area contributed by atoms with E-state index in [1.54, 1.807) is 4.90 Å². The SMILES string of the molecule is CC(=O)N1CCCC(Oc2cc(F)cc(NC(=O)Nc3cncnc3)c2)C1. The van der Waals surface area contributed by atoms with E-state index in [-0.39, 0.29) is 17.7 Å². The predicted molar refractivity (Wildman–Crippen MR) is 97.0 cm³/mol. The van der Waals surface area contributed by atoms with Gasteiger partial charge in [-0.25, -0.2) is 19.2 Å². The van der Waals surface area contributed by atoms with Crippen molar-refractivity contribution in [2.45, 2.75) is 25.9 Å². The van der Waals surface area contributed by atoms with Gasteiger partial charge in [-0.3, -0.25) is 4.79 Å². The Kier molecular flexibility index (Phi) is 5.80. The van der Waals surface area contributed by atoms with Gasteiger partial charge in [0.15, 0.2) is 0 Å². The molecule has 142 valence electrons. The smallest absolute Gasteiger partial charge is 0.323 e. The first kappa shape index (κ1) is 18.6. The maximum atomic E-state index is 13.9. The van der Waals surface area contributed by atoms with Crippen LogP contribution in [0.2, 0.25) is 0 Å². The Labute approximate surface area is 155 Å². The summed E-state index contributed by atoms with van der Waals surface area (Å²) < 4.78 is 19.8. The summed E-state index contributed by atoms with van der Waals surface area (Å²) in [5.41, 5.74) is 0.660. The molecule has 0 bridgehead atoms. The summed E-state index contributed by atoms with van der Waals surface area (Å²) in [6.45, 7) is 2.68. The number of amides is 3. The van der Waals surface area contributed by atoms with Crippen LogP contribution in [0.15, 0.2) is 36.9 Å². The normalized spacial score (nSPS) is 16.5. The minimum atomic E-state index is -0.554. The number of rotatable bonds is 4. The molecule has 1 aromatic heterocycles. The van der Waals surface area contributed by atoms with Crippen LogP contribution in [-0.4, -0.2) is 46.0 Å². The molecule has 1 atom stereocenters. The third kappa shape index (κ3) is 5.37. The van der Waals surface area contributed by atoms with Crippen molar-refractivity contribution in [3.8, 4) is 5.75 Å². The molecular weight excluding hydrogens is 353 g/mol. The Hall–Kier alpha value is -3.23. The van der Waals surface area contributed by atoms with Gasteiger partial charge in [0.05, 0.1) is 24.6 Å². The lowest BCUT2D eigenvalue weighted by Gasteiger charge is -2.32. The molecule has 2 aromatic rings. The van der Waals surface area contributed by atoms with Crippen molar-refractivity contribution in [1.82, 2.24) is 14.9 Å². The minimum absolute atomic E-state index is 0.00791. The number of piperidine rings is 1. The van der Waals surface area contributed by atoms with Gasteiger partial charge in [-0.05, 0) is 18.9 Å². The van der Waals surface area contributed by atoms with Gasteiger partial charge in [-0.2, -0.15) is 0 Å². The van der Waals surface area contributed by atoms with Crippen molar-refractivity contribution in [3.63, 3.8) is 0 Å². The Morgan fingerprint density at radius 2 is 1.93 bits per heavy atom. The molecule has 1 aromatic carbocycles. The van der Waals surface area contributed by atoms with Crippen LogP contribution < -0.4 is 15.4 Å². The molecule has 0 radical (unpaired) electrons. The number of anilines is 2. The predicted octanol–water partition coefficient (Wildman–Crippen LogP) is 2.65. The van der Waals surface area contributed by atoms with Gasteiger partial charge in [-0.1, -0.05) is 0 Å². The van der Waals surface area contributed by atoms with E-state index < -0.39 is 11.8 Å². The number of benzene rings is 1. The number of aromatic nitrogens is 2. The van der Waals surface area contributed by atoms with Crippen LogP contribution in [0, 0.1) is 5.82 Å². The van der Waals surface area contributed by atoms with Crippen molar-refractivity contribution in [1.29, 1.82) is 0 Å². The van der Waals surface area contributed by atoms with E-state index in [0.717, 1.165) is 12.8 Å². The number of likely N-dealkylation sites (tertiary alicyclic amines) is 1. The summed E-state index contributed by atoms with van der Waals surface area (Å²) in [5.74, 6) is -0.250. The molecule has 2 heterocycles. The monoisotopic (exact) mass is 373 g/mol. The van der Waals surface area contributed by atoms with E-state index in [1.807, 2.05) is 0 Å². The molecule has 8 nitrogen and oxygen atoms in total. The summed E-state index contributed by atoms with van der Waals surface area (Å²) >= 11 is 0. The van der Waals surface area contributed by atoms with Gasteiger partial charge in [0, 0.05) is 31.3 Å². The van der Waals surface area contributed by atoms with Gasteiger partial charge >= 0.3 is 6.03 Å². The zero-order valence-electron chi connectivity index (χ0n) is 14.8. The maximum absolute atomic E-state index is 13.9. The minimum Gasteiger partial charge on any atom is -0.488 e. The molecule has 1 saturated heterocycles. The number of ether oxygens (including phenoxy) is 1. The fourth-order valence-corrected chi connectivity index (χ4v) is 2.87. The summed E-state index contributed by atoms with van der Waals surface area (Å²) in [7, 11) is 0. The number of hydrogen-bond donors (Lipinski definition) is 2. The first-order valence-electron chi connectivity index (χ1n) is 8.55. The van der Waals surface area contributed by atoms with Crippen molar-refractivity contribution in [2.24, 2.45) is 0 Å². The van der Waals surface area contributed by atoms with Crippen LogP contribution in [0.5, 0.6) is 5.75 Å². The molecular formula is C18H20FN5O3. The zero-order valence-corrected chi connectivity index (χ0v) is 14.8. The molecule has 0 saturated carbocycles. The van der Waals surface area contributed by atoms with E-state index in [2.05, 4.69) is 20.6 Å². The van der Waals surface area contributed by atoms with Crippen LogP contribution in [0.25, 0.3) is 0 Å². The number of hydrogen-bond acceptors (Lipinski definition) is 5. The molecule has 27 heavy (non-hydrogen) atoms. The Balaban J connectivity index is 1.63. The number of carbonyl (C=O) groups is 2. The lowest BCUT2D eigenvalue weighted by Crippen LogP contribution is -2.43. The first-order chi connectivity index (χ1) is 13.0. The molecule has 9 heteroatoms. The van der Waals surface area contributed by atoms with Crippen molar-refractivity contribution in [3.05, 3.63) is 42.7 Å². The summed E-state index contributed by atoms with van der Waals surface area (Å²) in [4.78, 5) is 32.9. The molecule has 0 spiro atoms. The summed E-state index contributed by atoms with van der Waals surface area (Å²) in [6, 6.07) is 3.43. The van der Waals surface area contributed by atoms with Crippen molar-refractivity contribution in [2.75, 3.05) is 23.7 Å². The van der Waals surface area contributed by atoms with Gasteiger partial charge in [0.1, 0.15) is 24.0 Å². The summed E-state index contributed by atoms with van der Waals surface area (Å²) in [6.07, 6.45) is 5.61. The van der Waals surface area contributed by atoms with E-state index in [9.17, 15) is 14.0 Å². The standard InChI is InChI=1S/C18H20FN5O3/c1-12(25)24-4-2-3-16(10-24)27-17-6-13(19)5-14(7-17)22-18(26)23-15-8-20-11-21-9-15/h5-9,11,16H,2-4,10H2,1H3,(H2,22,23,26). The third-order valence-electron chi connectivity index (χ3n) is 4.07.